The summed E-state index contributed by atoms with van der Waals surface area (Å²) in [6.07, 6.45) is 1.83. The molecule has 1 amide bonds. The minimum atomic E-state index is -0.921. The van der Waals surface area contributed by atoms with E-state index in [1.165, 1.54) is 0 Å². The lowest BCUT2D eigenvalue weighted by Gasteiger charge is -2.13. The van der Waals surface area contributed by atoms with E-state index in [-0.39, 0.29) is 18.5 Å². The van der Waals surface area contributed by atoms with Gasteiger partial charge >= 0.3 is 5.97 Å². The number of rotatable bonds is 5. The molecule has 0 aromatic carbocycles. The van der Waals surface area contributed by atoms with Crippen molar-refractivity contribution in [1.82, 2.24) is 9.88 Å². The number of carboxylic acid groups (broad SMARTS) is 1. The molecule has 5 nitrogen and oxygen atoms in total. The Morgan fingerprint density at radius 3 is 2.56 bits per heavy atom. The zero-order chi connectivity index (χ0) is 13.9. The van der Waals surface area contributed by atoms with Crippen LogP contribution in [0.1, 0.15) is 37.3 Å². The molecule has 0 spiro atoms. The van der Waals surface area contributed by atoms with Gasteiger partial charge in [-0.3, -0.25) is 9.59 Å². The first-order chi connectivity index (χ1) is 8.32. The van der Waals surface area contributed by atoms with Gasteiger partial charge in [0.15, 0.2) is 0 Å². The van der Waals surface area contributed by atoms with Crippen LogP contribution in [0.3, 0.4) is 0 Å². The van der Waals surface area contributed by atoms with E-state index < -0.39 is 11.9 Å². The number of halogens is 1. The van der Waals surface area contributed by atoms with E-state index >= 15 is 0 Å². The van der Waals surface area contributed by atoms with Crippen molar-refractivity contribution >= 4 is 27.8 Å². The summed E-state index contributed by atoms with van der Waals surface area (Å²) in [5.74, 6) is -1.78. The fourth-order valence-electron chi connectivity index (χ4n) is 1.48. The summed E-state index contributed by atoms with van der Waals surface area (Å²) in [6.45, 7) is 5.63. The van der Waals surface area contributed by atoms with Crippen LogP contribution in [0.15, 0.2) is 16.7 Å². The lowest BCUT2D eigenvalue weighted by molar-refractivity contribution is -0.140. The Labute approximate surface area is 114 Å². The van der Waals surface area contributed by atoms with Crippen LogP contribution in [-0.4, -0.2) is 28.1 Å². The smallest absolute Gasteiger partial charge is 0.308 e. The molecule has 0 radical (unpaired) electrons. The van der Waals surface area contributed by atoms with Crippen molar-refractivity contribution in [2.24, 2.45) is 5.92 Å². The first kappa shape index (κ1) is 14.8. The Morgan fingerprint density at radius 2 is 2.06 bits per heavy atom. The summed E-state index contributed by atoms with van der Waals surface area (Å²) in [4.78, 5) is 22.6. The molecule has 0 saturated heterocycles. The average Bonchev–Trinajstić information content (AvgIpc) is 2.67. The highest BCUT2D eigenvalue weighted by Gasteiger charge is 2.17. The molecule has 0 saturated carbocycles. The lowest BCUT2D eigenvalue weighted by Crippen LogP contribution is -2.32. The summed E-state index contributed by atoms with van der Waals surface area (Å²) in [6, 6.07) is 1.88. The molecular formula is C12H17BrN2O3. The van der Waals surface area contributed by atoms with Gasteiger partial charge in [0.1, 0.15) is 5.69 Å². The highest BCUT2D eigenvalue weighted by atomic mass is 79.9. The predicted molar refractivity (Wildman–Crippen MR) is 71.7 cm³/mol. The van der Waals surface area contributed by atoms with Crippen molar-refractivity contribution in [3.05, 3.63) is 22.4 Å². The van der Waals surface area contributed by atoms with Crippen LogP contribution in [-0.2, 0) is 4.79 Å². The van der Waals surface area contributed by atoms with Gasteiger partial charge in [-0.05, 0) is 35.8 Å². The van der Waals surface area contributed by atoms with E-state index in [0.29, 0.717) is 5.69 Å². The van der Waals surface area contributed by atoms with Gasteiger partial charge in [-0.25, -0.2) is 0 Å². The lowest BCUT2D eigenvalue weighted by atomic mass is 10.2. The van der Waals surface area contributed by atoms with Gasteiger partial charge in [0.05, 0.1) is 5.92 Å². The number of carbonyl (C=O) groups excluding carboxylic acids is 1. The Kier molecular flexibility index (Phi) is 4.95. The van der Waals surface area contributed by atoms with Crippen molar-refractivity contribution in [3.8, 4) is 0 Å². The molecule has 1 atom stereocenters. The van der Waals surface area contributed by atoms with Crippen LogP contribution >= 0.6 is 15.9 Å². The number of amides is 1. The third-order valence-corrected chi connectivity index (χ3v) is 3.03. The van der Waals surface area contributed by atoms with Crippen LogP contribution in [0.2, 0.25) is 0 Å². The maximum atomic E-state index is 12.0. The Morgan fingerprint density at radius 1 is 1.44 bits per heavy atom. The largest absolute Gasteiger partial charge is 0.481 e. The highest BCUT2D eigenvalue weighted by Crippen LogP contribution is 2.19. The number of nitrogens with zero attached hydrogens (tertiary/aromatic N) is 1. The zero-order valence-electron chi connectivity index (χ0n) is 10.6. The number of aliphatic carboxylic acids is 1. The Bertz CT molecular complexity index is 454. The number of hydrogen-bond acceptors (Lipinski definition) is 2. The number of nitrogens with one attached hydrogen (secondary N) is 1. The summed E-state index contributed by atoms with van der Waals surface area (Å²) in [5, 5.41) is 11.4. The van der Waals surface area contributed by atoms with Crippen LogP contribution in [0, 0.1) is 5.92 Å². The molecule has 0 aliphatic heterocycles. The van der Waals surface area contributed by atoms with Gasteiger partial charge < -0.3 is 15.0 Å². The standard InChI is InChI=1S/C12H17BrN2O3/c1-7(2)15-6-9(13)4-10(15)11(16)14-5-8(3)12(17)18/h4,6-8H,5H2,1-3H3,(H,14,16)(H,17,18). The molecule has 2 N–H and O–H groups in total. The monoisotopic (exact) mass is 316 g/mol. The Balaban J connectivity index is 2.75. The number of aromatic nitrogens is 1. The highest BCUT2D eigenvalue weighted by molar-refractivity contribution is 9.10. The van der Waals surface area contributed by atoms with E-state index in [1.54, 1.807) is 13.0 Å². The molecule has 1 rings (SSSR count). The molecule has 1 aromatic heterocycles. The first-order valence-corrected chi connectivity index (χ1v) is 6.50. The molecule has 0 fully saturated rings. The SMILES string of the molecule is CC(CNC(=O)c1cc(Br)cn1C(C)C)C(=O)O. The molecule has 6 heteroatoms. The van der Waals surface area contributed by atoms with E-state index in [2.05, 4.69) is 21.2 Å². The maximum absolute atomic E-state index is 12.0. The second-order valence-electron chi connectivity index (χ2n) is 4.49. The average molecular weight is 317 g/mol. The van der Waals surface area contributed by atoms with Gasteiger partial charge in [0.25, 0.3) is 5.91 Å². The van der Waals surface area contributed by atoms with Gasteiger partial charge in [-0.15, -0.1) is 0 Å². The van der Waals surface area contributed by atoms with Crippen LogP contribution in [0.5, 0.6) is 0 Å². The first-order valence-electron chi connectivity index (χ1n) is 5.71. The van der Waals surface area contributed by atoms with Gasteiger partial charge in [-0.1, -0.05) is 6.92 Å². The molecule has 0 bridgehead atoms. The molecular weight excluding hydrogens is 300 g/mol. The van der Waals surface area contributed by atoms with Crippen molar-refractivity contribution < 1.29 is 14.7 Å². The summed E-state index contributed by atoms with van der Waals surface area (Å²) < 4.78 is 2.66. The van der Waals surface area contributed by atoms with E-state index in [1.807, 2.05) is 24.6 Å². The van der Waals surface area contributed by atoms with Crippen LogP contribution in [0.25, 0.3) is 0 Å². The van der Waals surface area contributed by atoms with E-state index in [9.17, 15) is 9.59 Å². The maximum Gasteiger partial charge on any atom is 0.308 e. The van der Waals surface area contributed by atoms with Crippen molar-refractivity contribution in [3.63, 3.8) is 0 Å². The molecule has 1 aromatic rings. The fraction of sp³-hybridized carbons (Fsp3) is 0.500. The number of carbonyl (C=O) groups is 2. The molecule has 0 aliphatic carbocycles. The van der Waals surface area contributed by atoms with Crippen molar-refractivity contribution in [1.29, 1.82) is 0 Å². The van der Waals surface area contributed by atoms with Gasteiger partial charge in [-0.2, -0.15) is 0 Å². The van der Waals surface area contributed by atoms with Crippen LogP contribution < -0.4 is 5.32 Å². The van der Waals surface area contributed by atoms with Gasteiger partial charge in [0, 0.05) is 23.3 Å². The summed E-state index contributed by atoms with van der Waals surface area (Å²) in [5.41, 5.74) is 0.523. The van der Waals surface area contributed by atoms with Crippen molar-refractivity contribution in [2.75, 3.05) is 6.54 Å². The topological polar surface area (TPSA) is 71.3 Å². The zero-order valence-corrected chi connectivity index (χ0v) is 12.2. The minimum absolute atomic E-state index is 0.120. The molecule has 18 heavy (non-hydrogen) atoms. The minimum Gasteiger partial charge on any atom is -0.481 e. The second kappa shape index (κ2) is 6.04. The summed E-state index contributed by atoms with van der Waals surface area (Å²) in [7, 11) is 0. The number of carboxylic acids is 1. The molecule has 1 heterocycles. The quantitative estimate of drug-likeness (QED) is 0.875. The van der Waals surface area contributed by atoms with Crippen molar-refractivity contribution in [2.45, 2.75) is 26.8 Å². The van der Waals surface area contributed by atoms with E-state index in [4.69, 9.17) is 5.11 Å². The van der Waals surface area contributed by atoms with Gasteiger partial charge in [0.2, 0.25) is 0 Å². The molecule has 100 valence electrons. The molecule has 0 aliphatic rings. The Hall–Kier alpha value is -1.30. The van der Waals surface area contributed by atoms with E-state index in [0.717, 1.165) is 4.47 Å². The van der Waals surface area contributed by atoms with Crippen LogP contribution in [0.4, 0.5) is 0 Å². The molecule has 1 unspecified atom stereocenters. The fourth-order valence-corrected chi connectivity index (χ4v) is 1.92. The predicted octanol–water partition coefficient (Wildman–Crippen LogP) is 2.28. The number of hydrogen-bond donors (Lipinski definition) is 2. The second-order valence-corrected chi connectivity index (χ2v) is 5.41. The summed E-state index contributed by atoms with van der Waals surface area (Å²) >= 11 is 3.33. The third-order valence-electron chi connectivity index (χ3n) is 2.59. The third kappa shape index (κ3) is 3.60. The normalized spacial score (nSPS) is 12.5.